The Bertz CT molecular complexity index is 734. The lowest BCUT2D eigenvalue weighted by atomic mass is 9.59. The highest BCUT2D eigenvalue weighted by molar-refractivity contribution is 6.06. The zero-order valence-corrected chi connectivity index (χ0v) is 18.1. The molecule has 2 rings (SSSR count). The molecule has 0 saturated carbocycles. The first-order valence-electron chi connectivity index (χ1n) is 9.82. The monoisotopic (exact) mass is 356 g/mol. The van der Waals surface area contributed by atoms with Crippen LogP contribution in [0.1, 0.15) is 75.2 Å². The molecule has 0 amide bonds. The van der Waals surface area contributed by atoms with Gasteiger partial charge in [-0.3, -0.25) is 4.79 Å². The van der Waals surface area contributed by atoms with Gasteiger partial charge in [-0.2, -0.15) is 0 Å². The maximum atomic E-state index is 12.2. The third-order valence-corrected chi connectivity index (χ3v) is 7.01. The lowest BCUT2D eigenvalue weighted by Crippen LogP contribution is -2.34. The standard InChI is InChI=1S/C24H36O2/c1-15(2)22(4,5)12-13-23(6,7)20-11-10-17-16(3)21(26)19(25)14-18(17)24(20,8)9/h10-11,14-15,26H,12-13H2,1-9H3. The molecule has 0 heterocycles. The van der Waals surface area contributed by atoms with Crippen molar-refractivity contribution in [1.29, 1.82) is 0 Å². The SMILES string of the molecule is CC1=C(O)C(=O)C=C2C1=CC=C(C(C)(C)CCC(C)(C)C(C)C)C2(C)C. The molecule has 0 aromatic carbocycles. The van der Waals surface area contributed by atoms with E-state index in [-0.39, 0.29) is 22.4 Å². The molecule has 0 fully saturated rings. The fourth-order valence-electron chi connectivity index (χ4n) is 4.17. The van der Waals surface area contributed by atoms with Gasteiger partial charge in [0.2, 0.25) is 5.78 Å². The Balaban J connectivity index is 2.41. The normalized spacial score (nSPS) is 20.7. The first-order chi connectivity index (χ1) is 11.7. The number of fused-ring (bicyclic) bond motifs is 1. The van der Waals surface area contributed by atoms with Crippen LogP contribution in [0.2, 0.25) is 0 Å². The summed E-state index contributed by atoms with van der Waals surface area (Å²) in [6, 6.07) is 0. The molecule has 0 spiro atoms. The van der Waals surface area contributed by atoms with Crippen molar-refractivity contribution in [2.45, 2.75) is 75.2 Å². The lowest BCUT2D eigenvalue weighted by Gasteiger charge is -2.45. The quantitative estimate of drug-likeness (QED) is 0.594. The van der Waals surface area contributed by atoms with Gasteiger partial charge in [0.05, 0.1) is 0 Å². The molecule has 0 bridgehead atoms. The van der Waals surface area contributed by atoms with Crippen molar-refractivity contribution >= 4 is 5.78 Å². The largest absolute Gasteiger partial charge is 0.504 e. The summed E-state index contributed by atoms with van der Waals surface area (Å²) in [5, 5.41) is 10.0. The van der Waals surface area contributed by atoms with Crippen LogP contribution in [0.15, 0.2) is 46.3 Å². The van der Waals surface area contributed by atoms with Gasteiger partial charge in [0.1, 0.15) is 0 Å². The van der Waals surface area contributed by atoms with E-state index in [2.05, 4.69) is 67.5 Å². The second kappa shape index (κ2) is 6.55. The predicted molar refractivity (Wildman–Crippen MR) is 110 cm³/mol. The van der Waals surface area contributed by atoms with Gasteiger partial charge in [-0.1, -0.05) is 73.1 Å². The molecule has 26 heavy (non-hydrogen) atoms. The Morgan fingerprint density at radius 1 is 1.08 bits per heavy atom. The summed E-state index contributed by atoms with van der Waals surface area (Å²) in [5.41, 5.74) is 4.20. The minimum absolute atomic E-state index is 0.0404. The molecule has 1 N–H and O–H groups in total. The van der Waals surface area contributed by atoms with Crippen LogP contribution >= 0.6 is 0 Å². The molecular weight excluding hydrogens is 320 g/mol. The first kappa shape index (κ1) is 20.7. The van der Waals surface area contributed by atoms with E-state index < -0.39 is 0 Å². The number of rotatable bonds is 5. The zero-order valence-electron chi connectivity index (χ0n) is 18.1. The Labute approximate surface area is 159 Å². The van der Waals surface area contributed by atoms with E-state index in [1.807, 2.05) is 6.92 Å². The molecule has 0 aromatic heterocycles. The summed E-state index contributed by atoms with van der Waals surface area (Å²) in [4.78, 5) is 12.2. The predicted octanol–water partition coefficient (Wildman–Crippen LogP) is 6.71. The van der Waals surface area contributed by atoms with Crippen molar-refractivity contribution in [1.82, 2.24) is 0 Å². The number of hydrogen-bond acceptors (Lipinski definition) is 2. The second-order valence-corrected chi connectivity index (χ2v) is 10.2. The molecule has 2 aliphatic carbocycles. The van der Waals surface area contributed by atoms with Crippen molar-refractivity contribution in [2.24, 2.45) is 22.2 Å². The molecule has 0 saturated heterocycles. The fraction of sp³-hybridized carbons (Fsp3) is 0.625. The topological polar surface area (TPSA) is 37.3 Å². The summed E-state index contributed by atoms with van der Waals surface area (Å²) in [6.07, 6.45) is 8.22. The molecule has 0 radical (unpaired) electrons. The van der Waals surface area contributed by atoms with Crippen LogP contribution in [0.4, 0.5) is 0 Å². The van der Waals surface area contributed by atoms with E-state index in [1.54, 1.807) is 6.08 Å². The summed E-state index contributed by atoms with van der Waals surface area (Å²) in [5.74, 6) is 0.251. The smallest absolute Gasteiger partial charge is 0.220 e. The fourth-order valence-corrected chi connectivity index (χ4v) is 4.17. The number of aliphatic hydroxyl groups is 1. The Hall–Kier alpha value is -1.57. The van der Waals surface area contributed by atoms with E-state index in [0.717, 1.165) is 17.6 Å². The van der Waals surface area contributed by atoms with Crippen molar-refractivity contribution in [3.05, 3.63) is 46.3 Å². The van der Waals surface area contributed by atoms with Gasteiger partial charge >= 0.3 is 0 Å². The molecule has 2 heteroatoms. The number of hydrogen-bond donors (Lipinski definition) is 1. The average molecular weight is 357 g/mol. The molecule has 2 nitrogen and oxygen atoms in total. The van der Waals surface area contributed by atoms with Gasteiger partial charge in [0, 0.05) is 11.0 Å². The Morgan fingerprint density at radius 2 is 1.65 bits per heavy atom. The molecule has 0 unspecified atom stereocenters. The van der Waals surface area contributed by atoms with Crippen LogP contribution in [-0.2, 0) is 4.79 Å². The van der Waals surface area contributed by atoms with Crippen molar-refractivity contribution in [3.8, 4) is 0 Å². The molecule has 0 aromatic rings. The Morgan fingerprint density at radius 3 is 2.19 bits per heavy atom. The molecule has 0 aliphatic heterocycles. The van der Waals surface area contributed by atoms with E-state index in [1.165, 1.54) is 12.0 Å². The maximum absolute atomic E-state index is 12.2. The number of aliphatic hydroxyl groups excluding tert-OH is 1. The first-order valence-corrected chi connectivity index (χ1v) is 9.82. The van der Waals surface area contributed by atoms with Gasteiger partial charge in [-0.05, 0) is 53.7 Å². The van der Waals surface area contributed by atoms with Crippen LogP contribution in [0, 0.1) is 22.2 Å². The zero-order chi connectivity index (χ0) is 20.1. The van der Waals surface area contributed by atoms with Crippen LogP contribution in [0.3, 0.4) is 0 Å². The van der Waals surface area contributed by atoms with Gasteiger partial charge in [-0.15, -0.1) is 0 Å². The molecule has 0 atom stereocenters. The third kappa shape index (κ3) is 3.48. The highest BCUT2D eigenvalue weighted by Crippen LogP contribution is 2.53. The third-order valence-electron chi connectivity index (χ3n) is 7.01. The summed E-state index contributed by atoms with van der Waals surface area (Å²) >= 11 is 0. The second-order valence-electron chi connectivity index (χ2n) is 10.2. The highest BCUT2D eigenvalue weighted by atomic mass is 16.3. The van der Waals surface area contributed by atoms with Crippen LogP contribution in [0.25, 0.3) is 0 Å². The highest BCUT2D eigenvalue weighted by Gasteiger charge is 2.42. The summed E-state index contributed by atoms with van der Waals surface area (Å²) in [6.45, 7) is 20.2. The van der Waals surface area contributed by atoms with E-state index in [4.69, 9.17) is 0 Å². The number of allylic oxidation sites excluding steroid dienone is 7. The lowest BCUT2D eigenvalue weighted by molar-refractivity contribution is -0.113. The summed E-state index contributed by atoms with van der Waals surface area (Å²) < 4.78 is 0. The number of carbonyl (C=O) groups excluding carboxylic acids is 1. The molecule has 2 aliphatic rings. The average Bonchev–Trinajstić information content (AvgIpc) is 2.51. The number of carbonyl (C=O) groups is 1. The van der Waals surface area contributed by atoms with E-state index in [0.29, 0.717) is 16.9 Å². The maximum Gasteiger partial charge on any atom is 0.220 e. The van der Waals surface area contributed by atoms with Gasteiger partial charge in [0.15, 0.2) is 5.76 Å². The van der Waals surface area contributed by atoms with E-state index >= 15 is 0 Å². The van der Waals surface area contributed by atoms with Gasteiger partial charge in [0.25, 0.3) is 0 Å². The summed E-state index contributed by atoms with van der Waals surface area (Å²) in [7, 11) is 0. The van der Waals surface area contributed by atoms with Crippen molar-refractivity contribution in [2.75, 3.05) is 0 Å². The van der Waals surface area contributed by atoms with Gasteiger partial charge in [-0.25, -0.2) is 0 Å². The van der Waals surface area contributed by atoms with Crippen molar-refractivity contribution < 1.29 is 9.90 Å². The van der Waals surface area contributed by atoms with E-state index in [9.17, 15) is 9.90 Å². The Kier molecular flexibility index (Phi) is 5.22. The van der Waals surface area contributed by atoms with Gasteiger partial charge < -0.3 is 5.11 Å². The molecular formula is C24H36O2. The van der Waals surface area contributed by atoms with Crippen LogP contribution < -0.4 is 0 Å². The van der Waals surface area contributed by atoms with Crippen LogP contribution in [0.5, 0.6) is 0 Å². The van der Waals surface area contributed by atoms with Crippen molar-refractivity contribution in [3.63, 3.8) is 0 Å². The molecule has 144 valence electrons. The number of ketones is 1. The minimum atomic E-state index is -0.275. The minimum Gasteiger partial charge on any atom is -0.504 e. The van der Waals surface area contributed by atoms with Crippen LogP contribution in [-0.4, -0.2) is 10.9 Å².